The average molecular weight is 287 g/mol. The van der Waals surface area contributed by atoms with Crippen molar-refractivity contribution >= 4 is 10.8 Å². The third-order valence-corrected chi connectivity index (χ3v) is 3.10. The molecule has 0 aliphatic rings. The minimum atomic E-state index is -2.87. The fraction of sp³-hybridized carbons (Fsp3) is 0.0625. The highest BCUT2D eigenvalue weighted by Crippen LogP contribution is 2.28. The maximum Gasteiger partial charge on any atom is 0.387 e. The van der Waals surface area contributed by atoms with Crippen LogP contribution >= 0.6 is 0 Å². The monoisotopic (exact) mass is 287 g/mol. The van der Waals surface area contributed by atoms with Crippen molar-refractivity contribution in [3.63, 3.8) is 0 Å². The fourth-order valence-corrected chi connectivity index (χ4v) is 2.16. The van der Waals surface area contributed by atoms with Crippen LogP contribution in [0.25, 0.3) is 21.9 Å². The molecule has 3 rings (SSSR count). The van der Waals surface area contributed by atoms with Gasteiger partial charge in [0.15, 0.2) is 0 Å². The van der Waals surface area contributed by atoms with Gasteiger partial charge in [-0.1, -0.05) is 18.2 Å². The predicted molar refractivity (Wildman–Crippen MR) is 75.5 cm³/mol. The van der Waals surface area contributed by atoms with E-state index < -0.39 is 6.61 Å². The molecule has 0 saturated carbocycles. The van der Waals surface area contributed by atoms with Gasteiger partial charge in [-0.25, -0.2) is 0 Å². The lowest BCUT2D eigenvalue weighted by Crippen LogP contribution is -2.02. The number of nitrogens with zero attached hydrogens (tertiary/aromatic N) is 1. The minimum Gasteiger partial charge on any atom is -0.508 e. The summed E-state index contributed by atoms with van der Waals surface area (Å²) in [6.45, 7) is -2.87. The van der Waals surface area contributed by atoms with E-state index in [0.717, 1.165) is 16.3 Å². The zero-order valence-corrected chi connectivity index (χ0v) is 10.8. The van der Waals surface area contributed by atoms with Gasteiger partial charge in [-0.3, -0.25) is 4.98 Å². The molecule has 0 bridgehead atoms. The molecule has 0 aliphatic carbocycles. The number of hydrogen-bond acceptors (Lipinski definition) is 3. The van der Waals surface area contributed by atoms with E-state index in [9.17, 15) is 13.9 Å². The van der Waals surface area contributed by atoms with Crippen molar-refractivity contribution in [1.29, 1.82) is 0 Å². The van der Waals surface area contributed by atoms with Crippen LogP contribution in [0.15, 0.2) is 54.9 Å². The summed E-state index contributed by atoms with van der Waals surface area (Å²) in [5.41, 5.74) is 1.52. The van der Waals surface area contributed by atoms with Crippen molar-refractivity contribution in [3.8, 4) is 22.6 Å². The Kier molecular flexibility index (Phi) is 3.39. The summed E-state index contributed by atoms with van der Waals surface area (Å²) in [5.74, 6) is 0.220. The largest absolute Gasteiger partial charge is 0.508 e. The lowest BCUT2D eigenvalue weighted by Gasteiger charge is -2.07. The lowest BCUT2D eigenvalue weighted by molar-refractivity contribution is -0.0500. The van der Waals surface area contributed by atoms with E-state index in [1.54, 1.807) is 24.4 Å². The second-order valence-electron chi connectivity index (χ2n) is 4.53. The molecule has 0 spiro atoms. The SMILES string of the molecule is Oc1ccc2cc(-c3cncc(OC(F)F)c3)ccc2c1. The molecule has 1 heterocycles. The number of aromatic hydroxyl groups is 1. The summed E-state index contributed by atoms with van der Waals surface area (Å²) >= 11 is 0. The van der Waals surface area contributed by atoms with Gasteiger partial charge in [-0.15, -0.1) is 0 Å². The first-order valence-corrected chi connectivity index (χ1v) is 6.25. The highest BCUT2D eigenvalue weighted by Gasteiger charge is 2.07. The Bertz CT molecular complexity index is 790. The fourth-order valence-electron chi connectivity index (χ4n) is 2.16. The summed E-state index contributed by atoms with van der Waals surface area (Å²) in [7, 11) is 0. The van der Waals surface area contributed by atoms with Crippen LogP contribution in [0.5, 0.6) is 11.5 Å². The quantitative estimate of drug-likeness (QED) is 0.784. The van der Waals surface area contributed by atoms with E-state index in [2.05, 4.69) is 9.72 Å². The highest BCUT2D eigenvalue weighted by molar-refractivity contribution is 5.88. The molecule has 2 aromatic carbocycles. The average Bonchev–Trinajstić information content (AvgIpc) is 2.46. The second-order valence-corrected chi connectivity index (χ2v) is 4.53. The molecular weight excluding hydrogens is 276 g/mol. The lowest BCUT2D eigenvalue weighted by atomic mass is 10.0. The Balaban J connectivity index is 2.01. The van der Waals surface area contributed by atoms with Crippen LogP contribution in [-0.4, -0.2) is 16.7 Å². The molecule has 21 heavy (non-hydrogen) atoms. The van der Waals surface area contributed by atoms with Crippen LogP contribution in [0.1, 0.15) is 0 Å². The molecular formula is C16H11F2NO2. The Labute approximate surface area is 119 Å². The van der Waals surface area contributed by atoms with Crippen molar-refractivity contribution in [1.82, 2.24) is 4.98 Å². The first kappa shape index (κ1) is 13.3. The van der Waals surface area contributed by atoms with Crippen molar-refractivity contribution < 1.29 is 18.6 Å². The molecule has 0 amide bonds. The molecule has 106 valence electrons. The van der Waals surface area contributed by atoms with Crippen LogP contribution in [0.4, 0.5) is 8.78 Å². The van der Waals surface area contributed by atoms with Gasteiger partial charge in [0.25, 0.3) is 0 Å². The highest BCUT2D eigenvalue weighted by atomic mass is 19.3. The molecule has 0 radical (unpaired) electrons. The number of rotatable bonds is 3. The number of phenols is 1. The molecule has 0 atom stereocenters. The first-order valence-electron chi connectivity index (χ1n) is 6.25. The molecule has 1 aromatic heterocycles. The summed E-state index contributed by atoms with van der Waals surface area (Å²) in [6.07, 6.45) is 2.83. The van der Waals surface area contributed by atoms with Gasteiger partial charge in [0.1, 0.15) is 11.5 Å². The van der Waals surface area contributed by atoms with E-state index in [4.69, 9.17) is 0 Å². The molecule has 1 N–H and O–H groups in total. The van der Waals surface area contributed by atoms with Crippen LogP contribution in [0.2, 0.25) is 0 Å². The summed E-state index contributed by atoms with van der Waals surface area (Å²) < 4.78 is 28.8. The van der Waals surface area contributed by atoms with Crippen LogP contribution in [-0.2, 0) is 0 Å². The number of halogens is 2. The Morgan fingerprint density at radius 2 is 1.67 bits per heavy atom. The number of hydrogen-bond donors (Lipinski definition) is 1. The van der Waals surface area contributed by atoms with Crippen molar-refractivity contribution in [2.75, 3.05) is 0 Å². The van der Waals surface area contributed by atoms with Crippen LogP contribution in [0, 0.1) is 0 Å². The number of phenolic OH excluding ortho intramolecular Hbond substituents is 1. The Morgan fingerprint density at radius 1 is 0.905 bits per heavy atom. The summed E-state index contributed by atoms with van der Waals surface area (Å²) in [4.78, 5) is 3.91. The Morgan fingerprint density at radius 3 is 2.48 bits per heavy atom. The van der Waals surface area contributed by atoms with Crippen molar-refractivity contribution in [3.05, 3.63) is 54.9 Å². The topological polar surface area (TPSA) is 42.4 Å². The third kappa shape index (κ3) is 2.91. The van der Waals surface area contributed by atoms with Gasteiger partial charge in [0.2, 0.25) is 0 Å². The number of pyridine rings is 1. The van der Waals surface area contributed by atoms with Crippen molar-refractivity contribution in [2.24, 2.45) is 0 Å². The smallest absolute Gasteiger partial charge is 0.387 e. The normalized spacial score (nSPS) is 11.0. The van der Waals surface area contributed by atoms with Gasteiger partial charge < -0.3 is 9.84 Å². The molecule has 0 saturated heterocycles. The van der Waals surface area contributed by atoms with E-state index in [-0.39, 0.29) is 11.5 Å². The predicted octanol–water partition coefficient (Wildman–Crippen LogP) is 4.21. The maximum atomic E-state index is 12.2. The van der Waals surface area contributed by atoms with E-state index in [1.165, 1.54) is 12.3 Å². The Hall–Kier alpha value is -2.69. The van der Waals surface area contributed by atoms with Gasteiger partial charge >= 0.3 is 6.61 Å². The van der Waals surface area contributed by atoms with Crippen molar-refractivity contribution in [2.45, 2.75) is 6.61 Å². The van der Waals surface area contributed by atoms with Gasteiger partial charge in [-0.2, -0.15) is 8.78 Å². The van der Waals surface area contributed by atoms with Crippen LogP contribution < -0.4 is 4.74 Å². The molecule has 0 fully saturated rings. The number of ether oxygens (including phenoxy) is 1. The summed E-state index contributed by atoms with van der Waals surface area (Å²) in [6, 6.07) is 12.2. The number of fused-ring (bicyclic) bond motifs is 1. The first-order chi connectivity index (χ1) is 10.1. The van der Waals surface area contributed by atoms with E-state index >= 15 is 0 Å². The zero-order chi connectivity index (χ0) is 14.8. The second kappa shape index (κ2) is 5.36. The number of aromatic nitrogens is 1. The van der Waals surface area contributed by atoms with Gasteiger partial charge in [-0.05, 0) is 40.6 Å². The number of benzene rings is 2. The molecule has 0 unspecified atom stereocenters. The molecule has 5 heteroatoms. The van der Waals surface area contributed by atoms with Gasteiger partial charge in [0, 0.05) is 11.8 Å². The van der Waals surface area contributed by atoms with E-state index in [1.807, 2.05) is 18.2 Å². The zero-order valence-electron chi connectivity index (χ0n) is 10.8. The number of alkyl halides is 2. The molecule has 3 aromatic rings. The van der Waals surface area contributed by atoms with Gasteiger partial charge in [0.05, 0.1) is 6.20 Å². The molecule has 0 aliphatic heterocycles. The maximum absolute atomic E-state index is 12.2. The summed E-state index contributed by atoms with van der Waals surface area (Å²) in [5, 5.41) is 11.3. The minimum absolute atomic E-state index is 0.0216. The van der Waals surface area contributed by atoms with Crippen LogP contribution in [0.3, 0.4) is 0 Å². The standard InChI is InChI=1S/C16H11F2NO2/c17-16(18)21-15-7-13(8-19-9-15)11-1-2-12-6-14(20)4-3-10(12)5-11/h1-9,16,20H. The third-order valence-electron chi connectivity index (χ3n) is 3.10. The van der Waals surface area contributed by atoms with E-state index in [0.29, 0.717) is 5.56 Å². The molecule has 3 nitrogen and oxygen atoms in total.